The third-order valence-electron chi connectivity index (χ3n) is 2.99. The zero-order valence-electron chi connectivity index (χ0n) is 11.0. The van der Waals surface area contributed by atoms with Gasteiger partial charge in [0.15, 0.2) is 5.78 Å². The summed E-state index contributed by atoms with van der Waals surface area (Å²) in [6.07, 6.45) is -0.397. The smallest absolute Gasteiger partial charge is 0.170 e. The number of rotatable bonds is 5. The topological polar surface area (TPSA) is 26.3 Å². The number of ether oxygens (including phenoxy) is 1. The van der Waals surface area contributed by atoms with Crippen molar-refractivity contribution in [3.8, 4) is 0 Å². The summed E-state index contributed by atoms with van der Waals surface area (Å²) in [5, 5.41) is 0. The molecule has 0 N–H and O–H groups in total. The van der Waals surface area contributed by atoms with Crippen LogP contribution in [0.2, 0.25) is 0 Å². The van der Waals surface area contributed by atoms with E-state index in [-0.39, 0.29) is 18.0 Å². The van der Waals surface area contributed by atoms with Crippen LogP contribution in [0.25, 0.3) is 0 Å². The molecule has 0 amide bonds. The molecule has 0 heterocycles. The lowest BCUT2D eigenvalue weighted by Crippen LogP contribution is -2.16. The van der Waals surface area contributed by atoms with Crippen molar-refractivity contribution in [1.82, 2.24) is 0 Å². The molecule has 0 saturated carbocycles. The van der Waals surface area contributed by atoms with Gasteiger partial charge in [0.05, 0.1) is 4.47 Å². The predicted octanol–water partition coefficient (Wildman–Crippen LogP) is 4.09. The van der Waals surface area contributed by atoms with E-state index < -0.39 is 6.10 Å². The Balaban J connectivity index is 2.15. The molecule has 0 aliphatic rings. The molecule has 4 heteroatoms. The van der Waals surface area contributed by atoms with Crippen molar-refractivity contribution in [3.63, 3.8) is 0 Å². The first-order chi connectivity index (χ1) is 9.61. The molecule has 20 heavy (non-hydrogen) atoms. The molecular weight excluding hydrogens is 323 g/mol. The predicted molar refractivity (Wildman–Crippen MR) is 79.0 cm³/mol. The van der Waals surface area contributed by atoms with E-state index in [4.69, 9.17) is 4.74 Å². The summed E-state index contributed by atoms with van der Waals surface area (Å²) < 4.78 is 18.8. The number of carbonyl (C=O) groups is 1. The van der Waals surface area contributed by atoms with Gasteiger partial charge in [0, 0.05) is 13.5 Å². The minimum absolute atomic E-state index is 0.0581. The molecule has 1 atom stereocenters. The highest BCUT2D eigenvalue weighted by Gasteiger charge is 2.20. The quantitative estimate of drug-likeness (QED) is 0.822. The van der Waals surface area contributed by atoms with Gasteiger partial charge < -0.3 is 4.74 Å². The lowest BCUT2D eigenvalue weighted by molar-refractivity contribution is -0.128. The van der Waals surface area contributed by atoms with Gasteiger partial charge in [-0.25, -0.2) is 4.39 Å². The summed E-state index contributed by atoms with van der Waals surface area (Å²) in [6.45, 7) is 0. The SMILES string of the molecule is COC(C(=O)Cc1ccc(F)c(Br)c1)c1ccccc1. The van der Waals surface area contributed by atoms with Gasteiger partial charge >= 0.3 is 0 Å². The van der Waals surface area contributed by atoms with Gasteiger partial charge in [-0.05, 0) is 39.2 Å². The molecule has 2 rings (SSSR count). The van der Waals surface area contributed by atoms with Crippen molar-refractivity contribution < 1.29 is 13.9 Å². The van der Waals surface area contributed by atoms with E-state index in [1.54, 1.807) is 12.1 Å². The van der Waals surface area contributed by atoms with Gasteiger partial charge in [0.2, 0.25) is 0 Å². The molecule has 0 fully saturated rings. The standard InChI is InChI=1S/C16H14BrFO2/c1-20-16(12-5-3-2-4-6-12)15(19)10-11-7-8-14(18)13(17)9-11/h2-9,16H,10H2,1H3. The van der Waals surface area contributed by atoms with Crippen LogP contribution in [0.3, 0.4) is 0 Å². The van der Waals surface area contributed by atoms with Crippen LogP contribution in [-0.4, -0.2) is 12.9 Å². The fourth-order valence-electron chi connectivity index (χ4n) is 2.02. The molecule has 2 aromatic rings. The van der Waals surface area contributed by atoms with Gasteiger partial charge in [0.1, 0.15) is 11.9 Å². The molecule has 0 spiro atoms. The van der Waals surface area contributed by atoms with Crippen molar-refractivity contribution >= 4 is 21.7 Å². The Labute approximate surface area is 125 Å². The Morgan fingerprint density at radius 2 is 1.95 bits per heavy atom. The van der Waals surface area contributed by atoms with Crippen LogP contribution in [0.1, 0.15) is 17.2 Å². The van der Waals surface area contributed by atoms with Crippen LogP contribution in [0.5, 0.6) is 0 Å². The molecule has 2 aromatic carbocycles. The van der Waals surface area contributed by atoms with Crippen molar-refractivity contribution in [2.45, 2.75) is 12.5 Å². The summed E-state index contributed by atoms with van der Waals surface area (Å²) in [4.78, 5) is 12.3. The lowest BCUT2D eigenvalue weighted by atomic mass is 10.00. The molecule has 0 aliphatic heterocycles. The first-order valence-corrected chi connectivity index (χ1v) is 6.95. The average molecular weight is 337 g/mol. The first-order valence-electron chi connectivity index (χ1n) is 6.16. The van der Waals surface area contributed by atoms with E-state index >= 15 is 0 Å². The van der Waals surface area contributed by atoms with Crippen LogP contribution >= 0.6 is 15.9 Å². The Morgan fingerprint density at radius 3 is 2.55 bits per heavy atom. The summed E-state index contributed by atoms with van der Waals surface area (Å²) in [5.74, 6) is -0.398. The molecule has 1 unspecified atom stereocenters. The summed E-state index contributed by atoms with van der Waals surface area (Å²) in [6, 6.07) is 13.9. The third kappa shape index (κ3) is 3.52. The van der Waals surface area contributed by atoms with Crippen molar-refractivity contribution in [1.29, 1.82) is 0 Å². The monoisotopic (exact) mass is 336 g/mol. The highest BCUT2D eigenvalue weighted by molar-refractivity contribution is 9.10. The molecular formula is C16H14BrFO2. The Bertz CT molecular complexity index is 599. The maximum absolute atomic E-state index is 13.2. The maximum Gasteiger partial charge on any atom is 0.170 e. The second kappa shape index (κ2) is 6.77. The zero-order valence-corrected chi connectivity index (χ0v) is 12.6. The number of carbonyl (C=O) groups excluding carboxylic acids is 1. The first kappa shape index (κ1) is 14.9. The number of Topliss-reactive ketones (excluding diaryl/α,β-unsaturated/α-hetero) is 1. The third-order valence-corrected chi connectivity index (χ3v) is 3.60. The van der Waals surface area contributed by atoms with Crippen molar-refractivity contribution in [2.24, 2.45) is 0 Å². The van der Waals surface area contributed by atoms with Gasteiger partial charge in [-0.3, -0.25) is 4.79 Å². The summed E-state index contributed by atoms with van der Waals surface area (Å²) in [7, 11) is 1.51. The van der Waals surface area contributed by atoms with Gasteiger partial charge in [0.25, 0.3) is 0 Å². The number of ketones is 1. The van der Waals surface area contributed by atoms with E-state index in [2.05, 4.69) is 15.9 Å². The molecule has 0 saturated heterocycles. The van der Waals surface area contributed by atoms with E-state index in [0.717, 1.165) is 11.1 Å². The average Bonchev–Trinajstić information content (AvgIpc) is 2.45. The van der Waals surface area contributed by atoms with Crippen LogP contribution in [0.4, 0.5) is 4.39 Å². The number of benzene rings is 2. The highest BCUT2D eigenvalue weighted by Crippen LogP contribution is 2.22. The van der Waals surface area contributed by atoms with Crippen LogP contribution in [0, 0.1) is 5.82 Å². The maximum atomic E-state index is 13.2. The Kier molecular flexibility index (Phi) is 5.04. The zero-order chi connectivity index (χ0) is 14.5. The molecule has 0 aliphatic carbocycles. The van der Waals surface area contributed by atoms with Crippen LogP contribution in [-0.2, 0) is 16.0 Å². The summed E-state index contributed by atoms with van der Waals surface area (Å²) >= 11 is 3.12. The Hall–Kier alpha value is -1.52. The molecule has 0 radical (unpaired) electrons. The highest BCUT2D eigenvalue weighted by atomic mass is 79.9. The second-order valence-electron chi connectivity index (χ2n) is 4.42. The van der Waals surface area contributed by atoms with E-state index in [9.17, 15) is 9.18 Å². The van der Waals surface area contributed by atoms with E-state index in [1.165, 1.54) is 13.2 Å². The van der Waals surface area contributed by atoms with Gasteiger partial charge in [-0.2, -0.15) is 0 Å². The van der Waals surface area contributed by atoms with E-state index in [0.29, 0.717) is 4.47 Å². The minimum Gasteiger partial charge on any atom is -0.369 e. The number of methoxy groups -OCH3 is 1. The second-order valence-corrected chi connectivity index (χ2v) is 5.27. The Morgan fingerprint density at radius 1 is 1.25 bits per heavy atom. The number of halogens is 2. The fraction of sp³-hybridized carbons (Fsp3) is 0.188. The largest absolute Gasteiger partial charge is 0.369 e. The number of hydrogen-bond acceptors (Lipinski definition) is 2. The minimum atomic E-state index is -0.597. The van der Waals surface area contributed by atoms with Crippen molar-refractivity contribution in [2.75, 3.05) is 7.11 Å². The summed E-state index contributed by atoms with van der Waals surface area (Å²) in [5.41, 5.74) is 1.57. The fourth-order valence-corrected chi connectivity index (χ4v) is 2.45. The normalized spacial score (nSPS) is 12.2. The number of hydrogen-bond donors (Lipinski definition) is 0. The van der Waals surface area contributed by atoms with Gasteiger partial charge in [-0.1, -0.05) is 36.4 Å². The van der Waals surface area contributed by atoms with Crippen LogP contribution < -0.4 is 0 Å². The van der Waals surface area contributed by atoms with Crippen molar-refractivity contribution in [3.05, 3.63) is 69.9 Å². The van der Waals surface area contributed by atoms with Crippen LogP contribution in [0.15, 0.2) is 53.0 Å². The molecule has 0 bridgehead atoms. The van der Waals surface area contributed by atoms with E-state index in [1.807, 2.05) is 30.3 Å². The lowest BCUT2D eigenvalue weighted by Gasteiger charge is -2.14. The molecule has 0 aromatic heterocycles. The molecule has 2 nitrogen and oxygen atoms in total. The molecule has 104 valence electrons. The van der Waals surface area contributed by atoms with Gasteiger partial charge in [-0.15, -0.1) is 0 Å².